The quantitative estimate of drug-likeness (QED) is 0.644. The molecular weight excluding hydrogens is 368 g/mol. The molecule has 2 aliphatic heterocycles. The summed E-state index contributed by atoms with van der Waals surface area (Å²) in [4.78, 5) is 32.7. The van der Waals surface area contributed by atoms with Crippen molar-refractivity contribution in [2.75, 3.05) is 26.2 Å². The second-order valence-corrected chi connectivity index (χ2v) is 7.47. The number of carbonyl (C=O) groups excluding carboxylic acids is 2. The van der Waals surface area contributed by atoms with Crippen LogP contribution in [-0.2, 0) is 9.53 Å². The molecule has 0 bridgehead atoms. The number of benzene rings is 2. The first-order valence-corrected chi connectivity index (χ1v) is 9.81. The van der Waals surface area contributed by atoms with Crippen LogP contribution in [0.25, 0.3) is 10.8 Å². The van der Waals surface area contributed by atoms with E-state index in [9.17, 15) is 9.59 Å². The van der Waals surface area contributed by atoms with Gasteiger partial charge in [-0.15, -0.1) is 0 Å². The van der Waals surface area contributed by atoms with Crippen LogP contribution in [0.5, 0.6) is 0 Å². The molecule has 1 N–H and O–H groups in total. The number of hydrogen-bond acceptors (Lipinski definition) is 5. The maximum atomic E-state index is 12.4. The van der Waals surface area contributed by atoms with Crippen molar-refractivity contribution in [3.63, 3.8) is 0 Å². The van der Waals surface area contributed by atoms with Crippen LogP contribution < -0.4 is 5.32 Å². The van der Waals surface area contributed by atoms with Crippen molar-refractivity contribution in [2.45, 2.75) is 19.9 Å². The van der Waals surface area contributed by atoms with Gasteiger partial charge in [-0.25, -0.2) is 14.6 Å². The van der Waals surface area contributed by atoms with Gasteiger partial charge in [-0.05, 0) is 30.7 Å². The summed E-state index contributed by atoms with van der Waals surface area (Å²) in [5, 5.41) is 4.96. The summed E-state index contributed by atoms with van der Waals surface area (Å²) in [6.45, 7) is 6.35. The van der Waals surface area contributed by atoms with Gasteiger partial charge in [0.15, 0.2) is 5.70 Å². The van der Waals surface area contributed by atoms with Crippen molar-refractivity contribution < 1.29 is 14.3 Å². The van der Waals surface area contributed by atoms with E-state index in [2.05, 4.69) is 10.3 Å². The van der Waals surface area contributed by atoms with Crippen LogP contribution in [0.4, 0.5) is 4.79 Å². The normalized spacial score (nSPS) is 18.4. The lowest BCUT2D eigenvalue weighted by Crippen LogP contribution is -2.51. The third-order valence-electron chi connectivity index (χ3n) is 4.96. The largest absolute Gasteiger partial charge is 0.402 e. The number of nitrogens with zero attached hydrogens (tertiary/aromatic N) is 3. The molecule has 0 aliphatic carbocycles. The van der Waals surface area contributed by atoms with E-state index >= 15 is 0 Å². The zero-order valence-electron chi connectivity index (χ0n) is 16.6. The molecule has 0 saturated carbocycles. The number of piperazine rings is 1. The fourth-order valence-corrected chi connectivity index (χ4v) is 3.49. The number of nitrogens with one attached hydrogen (secondary N) is 1. The molecule has 2 aromatic rings. The Balaban J connectivity index is 1.48. The highest BCUT2D eigenvalue weighted by Gasteiger charge is 2.27. The summed E-state index contributed by atoms with van der Waals surface area (Å²) in [5.41, 5.74) is 1.09. The van der Waals surface area contributed by atoms with Crippen molar-refractivity contribution >= 4 is 28.7 Å². The minimum atomic E-state index is -0.451. The topological polar surface area (TPSA) is 74.2 Å². The molecule has 2 heterocycles. The highest BCUT2D eigenvalue weighted by Crippen LogP contribution is 2.24. The molecule has 0 radical (unpaired) electrons. The molecule has 4 rings (SSSR count). The van der Waals surface area contributed by atoms with Gasteiger partial charge < -0.3 is 19.9 Å². The van der Waals surface area contributed by atoms with Gasteiger partial charge >= 0.3 is 12.0 Å². The zero-order chi connectivity index (χ0) is 20.4. The molecule has 0 aromatic heterocycles. The van der Waals surface area contributed by atoms with Crippen molar-refractivity contribution in [1.29, 1.82) is 0 Å². The van der Waals surface area contributed by atoms with Gasteiger partial charge in [0.1, 0.15) is 0 Å². The van der Waals surface area contributed by atoms with E-state index in [0.29, 0.717) is 32.1 Å². The Labute approximate surface area is 169 Å². The Morgan fingerprint density at radius 3 is 2.59 bits per heavy atom. The second kappa shape index (κ2) is 7.95. The number of esters is 1. The van der Waals surface area contributed by atoms with Crippen molar-refractivity contribution in [3.05, 3.63) is 59.9 Å². The molecule has 0 unspecified atom stereocenters. The van der Waals surface area contributed by atoms with Crippen LogP contribution in [0.1, 0.15) is 19.4 Å². The smallest absolute Gasteiger partial charge is 0.365 e. The van der Waals surface area contributed by atoms with Crippen molar-refractivity contribution in [3.8, 4) is 0 Å². The molecule has 2 aliphatic rings. The first-order valence-electron chi connectivity index (χ1n) is 9.81. The van der Waals surface area contributed by atoms with Gasteiger partial charge in [-0.3, -0.25) is 0 Å². The Morgan fingerprint density at radius 2 is 1.83 bits per heavy atom. The van der Waals surface area contributed by atoms with Gasteiger partial charge in [0, 0.05) is 44.0 Å². The predicted molar refractivity (Wildman–Crippen MR) is 111 cm³/mol. The monoisotopic (exact) mass is 392 g/mol. The number of hydrogen-bond donors (Lipinski definition) is 1. The van der Waals surface area contributed by atoms with Crippen molar-refractivity contribution in [2.24, 2.45) is 4.99 Å². The highest BCUT2D eigenvalue weighted by molar-refractivity contribution is 6.16. The molecule has 2 aromatic carbocycles. The van der Waals surface area contributed by atoms with E-state index in [-0.39, 0.29) is 17.8 Å². The fourth-order valence-electron chi connectivity index (χ4n) is 3.49. The van der Waals surface area contributed by atoms with Gasteiger partial charge in [-0.2, -0.15) is 0 Å². The third kappa shape index (κ3) is 4.08. The van der Waals surface area contributed by atoms with E-state index in [1.54, 1.807) is 11.1 Å². The number of fused-ring (bicyclic) bond motifs is 1. The maximum Gasteiger partial charge on any atom is 0.365 e. The Morgan fingerprint density at radius 1 is 1.10 bits per heavy atom. The van der Waals surface area contributed by atoms with E-state index in [1.165, 1.54) is 0 Å². The lowest BCUT2D eigenvalue weighted by Gasteiger charge is -2.34. The first-order chi connectivity index (χ1) is 14.0. The summed E-state index contributed by atoms with van der Waals surface area (Å²) in [5.74, 6) is -0.124. The van der Waals surface area contributed by atoms with E-state index in [1.807, 2.05) is 61.2 Å². The number of carbonyl (C=O) groups is 2. The summed E-state index contributed by atoms with van der Waals surface area (Å²) in [7, 11) is 0. The van der Waals surface area contributed by atoms with E-state index in [4.69, 9.17) is 4.74 Å². The molecule has 0 spiro atoms. The summed E-state index contributed by atoms with van der Waals surface area (Å²) >= 11 is 0. The highest BCUT2D eigenvalue weighted by atomic mass is 16.6. The summed E-state index contributed by atoms with van der Waals surface area (Å²) in [6, 6.07) is 13.8. The Bertz CT molecular complexity index is 999. The van der Waals surface area contributed by atoms with Crippen LogP contribution in [0.2, 0.25) is 0 Å². The van der Waals surface area contributed by atoms with Crippen LogP contribution >= 0.6 is 0 Å². The second-order valence-electron chi connectivity index (χ2n) is 7.47. The average Bonchev–Trinajstić information content (AvgIpc) is 3.07. The molecule has 29 heavy (non-hydrogen) atoms. The lowest BCUT2D eigenvalue weighted by molar-refractivity contribution is -0.130. The molecule has 0 atom stereocenters. The Kier molecular flexibility index (Phi) is 5.20. The lowest BCUT2D eigenvalue weighted by atomic mass is 10.0. The number of aliphatic imine (C=N–C) groups is 1. The fraction of sp³-hybridized carbons (Fsp3) is 0.318. The van der Waals surface area contributed by atoms with Crippen molar-refractivity contribution in [1.82, 2.24) is 15.1 Å². The molecule has 1 saturated heterocycles. The standard InChI is InChI=1S/C22H24N4O3/c1-15(2)23-22(28)26-12-10-25(11-13-26)14-19-21(27)29-20(24-19)18-9-5-7-16-6-3-4-8-17(16)18/h3-9,14-15H,10-13H2,1-2H3,(H,23,28). The maximum absolute atomic E-state index is 12.4. The SMILES string of the molecule is CC(C)NC(=O)N1CCN(C=C2N=C(c3cccc4ccccc34)OC2=O)CC1. The molecule has 2 amide bonds. The number of ether oxygens (including phenoxy) is 1. The van der Waals surface area contributed by atoms with E-state index < -0.39 is 5.97 Å². The number of cyclic esters (lactones) is 1. The number of rotatable bonds is 3. The van der Waals surface area contributed by atoms with Gasteiger partial charge in [0.05, 0.1) is 0 Å². The predicted octanol–water partition coefficient (Wildman–Crippen LogP) is 2.72. The van der Waals surface area contributed by atoms with Crippen LogP contribution in [0.3, 0.4) is 0 Å². The molecule has 7 nitrogen and oxygen atoms in total. The van der Waals surface area contributed by atoms with Crippen LogP contribution in [0, 0.1) is 0 Å². The van der Waals surface area contributed by atoms with Gasteiger partial charge in [-0.1, -0.05) is 36.4 Å². The molecule has 1 fully saturated rings. The van der Waals surface area contributed by atoms with Crippen LogP contribution in [0.15, 0.2) is 59.4 Å². The first kappa shape index (κ1) is 19.0. The number of urea groups is 1. The third-order valence-corrected chi connectivity index (χ3v) is 4.96. The zero-order valence-corrected chi connectivity index (χ0v) is 16.6. The molecule has 150 valence electrons. The Hall–Kier alpha value is -3.35. The number of amides is 2. The molecular formula is C22H24N4O3. The minimum absolute atomic E-state index is 0.0520. The summed E-state index contributed by atoms with van der Waals surface area (Å²) < 4.78 is 5.45. The average molecular weight is 392 g/mol. The van der Waals surface area contributed by atoms with Gasteiger partial charge in [0.2, 0.25) is 5.90 Å². The van der Waals surface area contributed by atoms with E-state index in [0.717, 1.165) is 16.3 Å². The molecule has 7 heteroatoms. The minimum Gasteiger partial charge on any atom is -0.402 e. The van der Waals surface area contributed by atoms with Gasteiger partial charge in [0.25, 0.3) is 0 Å². The van der Waals surface area contributed by atoms with Crippen LogP contribution in [-0.4, -0.2) is 59.9 Å². The summed E-state index contributed by atoms with van der Waals surface area (Å²) in [6.07, 6.45) is 1.73.